The first-order valence-electron chi connectivity index (χ1n) is 7.17. The first-order chi connectivity index (χ1) is 9.06. The van der Waals surface area contributed by atoms with Crippen LogP contribution < -0.4 is 10.6 Å². The molecule has 19 heavy (non-hydrogen) atoms. The van der Waals surface area contributed by atoms with Crippen molar-refractivity contribution in [3.05, 3.63) is 24.0 Å². The van der Waals surface area contributed by atoms with E-state index in [1.807, 2.05) is 19.2 Å². The number of hydrogen-bond acceptors (Lipinski definition) is 4. The molecule has 2 N–H and O–H groups in total. The topological polar surface area (TPSA) is 45.4 Å². The predicted molar refractivity (Wildman–Crippen MR) is 80.3 cm³/mol. The summed E-state index contributed by atoms with van der Waals surface area (Å²) < 4.78 is 0. The molecule has 2 heterocycles. The van der Waals surface area contributed by atoms with E-state index in [4.69, 9.17) is 5.73 Å². The minimum atomic E-state index is 0.0138. The summed E-state index contributed by atoms with van der Waals surface area (Å²) in [7, 11) is 4.31. The van der Waals surface area contributed by atoms with Crippen molar-refractivity contribution in [3.8, 4) is 0 Å². The van der Waals surface area contributed by atoms with Gasteiger partial charge in [-0.2, -0.15) is 0 Å². The van der Waals surface area contributed by atoms with Crippen molar-refractivity contribution in [2.24, 2.45) is 11.7 Å². The van der Waals surface area contributed by atoms with Crippen LogP contribution in [0.25, 0.3) is 0 Å². The second kappa shape index (κ2) is 6.35. The molecule has 0 aliphatic carbocycles. The Balaban J connectivity index is 1.90. The van der Waals surface area contributed by atoms with Gasteiger partial charge in [0, 0.05) is 25.7 Å². The monoisotopic (exact) mass is 262 g/mol. The molecule has 0 unspecified atom stereocenters. The summed E-state index contributed by atoms with van der Waals surface area (Å²) in [5, 5.41) is 0. The van der Waals surface area contributed by atoms with Gasteiger partial charge in [-0.3, -0.25) is 4.98 Å². The van der Waals surface area contributed by atoms with Gasteiger partial charge < -0.3 is 15.5 Å². The van der Waals surface area contributed by atoms with E-state index >= 15 is 0 Å². The van der Waals surface area contributed by atoms with Crippen LogP contribution in [0.15, 0.2) is 18.3 Å². The van der Waals surface area contributed by atoms with Gasteiger partial charge in [0.15, 0.2) is 0 Å². The second-order valence-corrected chi connectivity index (χ2v) is 5.92. The van der Waals surface area contributed by atoms with Gasteiger partial charge in [0.1, 0.15) is 0 Å². The van der Waals surface area contributed by atoms with E-state index in [1.54, 1.807) is 0 Å². The lowest BCUT2D eigenvalue weighted by molar-refractivity contribution is 0.285. The third-order valence-electron chi connectivity index (χ3n) is 3.84. The van der Waals surface area contributed by atoms with Crippen LogP contribution in [-0.2, 0) is 0 Å². The number of rotatable bonds is 4. The number of anilines is 1. The van der Waals surface area contributed by atoms with Crippen LogP contribution in [-0.4, -0.2) is 43.6 Å². The predicted octanol–water partition coefficient (Wildman–Crippen LogP) is 1.88. The fraction of sp³-hybridized carbons (Fsp3) is 0.667. The van der Waals surface area contributed by atoms with Crippen LogP contribution in [0, 0.1) is 5.92 Å². The van der Waals surface area contributed by atoms with Crippen LogP contribution in [0.1, 0.15) is 31.5 Å². The first-order valence-corrected chi connectivity index (χ1v) is 7.17. The van der Waals surface area contributed by atoms with Gasteiger partial charge in [-0.15, -0.1) is 0 Å². The molecule has 1 aliphatic rings. The zero-order valence-corrected chi connectivity index (χ0v) is 12.3. The highest BCUT2D eigenvalue weighted by molar-refractivity contribution is 5.45. The van der Waals surface area contributed by atoms with Gasteiger partial charge in [-0.05, 0) is 51.9 Å². The molecule has 1 aromatic rings. The summed E-state index contributed by atoms with van der Waals surface area (Å²) >= 11 is 0. The molecule has 1 atom stereocenters. The number of hydrogen-bond donors (Lipinski definition) is 1. The van der Waals surface area contributed by atoms with Crippen LogP contribution in [0.2, 0.25) is 0 Å². The van der Waals surface area contributed by atoms with Crippen LogP contribution >= 0.6 is 0 Å². The van der Waals surface area contributed by atoms with Crippen LogP contribution in [0.4, 0.5) is 5.69 Å². The van der Waals surface area contributed by atoms with E-state index in [1.165, 1.54) is 25.1 Å². The van der Waals surface area contributed by atoms with Gasteiger partial charge in [-0.25, -0.2) is 0 Å². The van der Waals surface area contributed by atoms with Crippen LogP contribution in [0.5, 0.6) is 0 Å². The Hall–Kier alpha value is -1.13. The van der Waals surface area contributed by atoms with Crippen molar-refractivity contribution in [2.75, 3.05) is 38.6 Å². The highest BCUT2D eigenvalue weighted by Gasteiger charge is 2.20. The van der Waals surface area contributed by atoms with Gasteiger partial charge in [0.05, 0.1) is 17.6 Å². The molecule has 1 fully saturated rings. The summed E-state index contributed by atoms with van der Waals surface area (Å²) in [5.41, 5.74) is 8.02. The quantitative estimate of drug-likeness (QED) is 0.900. The number of aromatic nitrogens is 1. The third kappa shape index (κ3) is 3.91. The molecule has 1 aliphatic heterocycles. The van der Waals surface area contributed by atoms with Crippen molar-refractivity contribution < 1.29 is 0 Å². The Morgan fingerprint density at radius 3 is 2.53 bits per heavy atom. The second-order valence-electron chi connectivity index (χ2n) is 5.92. The fourth-order valence-electron chi connectivity index (χ4n) is 2.74. The average molecular weight is 262 g/mol. The van der Waals surface area contributed by atoms with Gasteiger partial charge in [0.2, 0.25) is 0 Å². The van der Waals surface area contributed by atoms with E-state index < -0.39 is 0 Å². The minimum absolute atomic E-state index is 0.0138. The summed E-state index contributed by atoms with van der Waals surface area (Å²) in [5.74, 6) is 0.836. The van der Waals surface area contributed by atoms with Gasteiger partial charge in [0.25, 0.3) is 0 Å². The molecule has 1 aromatic heterocycles. The molecule has 0 amide bonds. The highest BCUT2D eigenvalue weighted by atomic mass is 15.1. The Morgan fingerprint density at radius 2 is 2.05 bits per heavy atom. The van der Waals surface area contributed by atoms with E-state index in [0.29, 0.717) is 0 Å². The Morgan fingerprint density at radius 1 is 1.37 bits per heavy atom. The third-order valence-corrected chi connectivity index (χ3v) is 3.84. The Labute approximate surface area is 116 Å². The van der Waals surface area contributed by atoms with Gasteiger partial charge >= 0.3 is 0 Å². The smallest absolute Gasteiger partial charge is 0.0569 e. The Kier molecular flexibility index (Phi) is 4.77. The normalized spacial score (nSPS) is 18.9. The van der Waals surface area contributed by atoms with E-state index in [-0.39, 0.29) is 6.04 Å². The lowest BCUT2D eigenvalue weighted by Crippen LogP contribution is -2.37. The lowest BCUT2D eigenvalue weighted by atomic mass is 9.96. The van der Waals surface area contributed by atoms with Gasteiger partial charge in [-0.1, -0.05) is 0 Å². The molecule has 106 valence electrons. The molecule has 4 nitrogen and oxygen atoms in total. The molecule has 0 saturated carbocycles. The number of nitrogens with two attached hydrogens (primary N) is 1. The summed E-state index contributed by atoms with van der Waals surface area (Å²) in [4.78, 5) is 9.17. The van der Waals surface area contributed by atoms with Crippen molar-refractivity contribution in [1.29, 1.82) is 0 Å². The molecule has 0 aromatic carbocycles. The van der Waals surface area contributed by atoms with Crippen molar-refractivity contribution >= 4 is 5.69 Å². The maximum Gasteiger partial charge on any atom is 0.0569 e. The molecule has 2 rings (SSSR count). The van der Waals surface area contributed by atoms with E-state index in [9.17, 15) is 0 Å². The summed E-state index contributed by atoms with van der Waals surface area (Å²) in [6, 6.07) is 4.21. The molecule has 0 bridgehead atoms. The maximum absolute atomic E-state index is 5.83. The molecule has 4 heteroatoms. The minimum Gasteiger partial charge on any atom is -0.370 e. The zero-order valence-electron chi connectivity index (χ0n) is 12.3. The standard InChI is InChI=1S/C15H26N4/c1-12(16)15-5-4-14(10-17-15)19-8-6-13(7-9-19)11-18(2)3/h4-5,10,12-13H,6-9,11,16H2,1-3H3/t12-/m0/s1. The largest absolute Gasteiger partial charge is 0.370 e. The molecular weight excluding hydrogens is 236 g/mol. The number of nitrogens with zero attached hydrogens (tertiary/aromatic N) is 3. The molecule has 0 spiro atoms. The van der Waals surface area contributed by atoms with Crippen molar-refractivity contribution in [3.63, 3.8) is 0 Å². The molecule has 1 saturated heterocycles. The average Bonchev–Trinajstić information content (AvgIpc) is 2.39. The SMILES string of the molecule is C[C@H](N)c1ccc(N2CCC(CN(C)C)CC2)cn1. The lowest BCUT2D eigenvalue weighted by Gasteiger charge is -2.34. The summed E-state index contributed by atoms with van der Waals surface area (Å²) in [6.45, 7) is 5.44. The van der Waals surface area contributed by atoms with E-state index in [0.717, 1.165) is 24.7 Å². The zero-order chi connectivity index (χ0) is 13.8. The van der Waals surface area contributed by atoms with E-state index in [2.05, 4.69) is 34.9 Å². The number of pyridine rings is 1. The summed E-state index contributed by atoms with van der Waals surface area (Å²) in [6.07, 6.45) is 4.51. The molecular formula is C15H26N4. The maximum atomic E-state index is 5.83. The fourth-order valence-corrected chi connectivity index (χ4v) is 2.74. The van der Waals surface area contributed by atoms with Crippen molar-refractivity contribution in [2.45, 2.75) is 25.8 Å². The van der Waals surface area contributed by atoms with Crippen LogP contribution in [0.3, 0.4) is 0 Å². The molecule has 0 radical (unpaired) electrons. The number of piperidine rings is 1. The Bertz CT molecular complexity index is 378. The highest BCUT2D eigenvalue weighted by Crippen LogP contribution is 2.23. The van der Waals surface area contributed by atoms with Crippen molar-refractivity contribution in [1.82, 2.24) is 9.88 Å². The first kappa shape index (κ1) is 14.3.